The van der Waals surface area contributed by atoms with Gasteiger partial charge in [-0.3, -0.25) is 9.59 Å². The molecule has 0 fully saturated rings. The zero-order chi connectivity index (χ0) is 44.2. The first kappa shape index (κ1) is 56.5. The molecule has 60 heavy (non-hydrogen) atoms. The molecule has 0 spiro atoms. The Balaban J connectivity index is 4.39. The SMILES string of the molecule is CC/C=C/C/C=C/C/C=C/C/C=C/C/C=C/CCC(=O)OC(COCCC(C(=O)O)[N+](C)(C)C)COC(=O)CCCCCCCCCCCC/C=C/C=C/CCCCCC. The molecule has 2 unspecified atom stereocenters. The van der Waals surface area contributed by atoms with E-state index in [0.717, 1.165) is 51.4 Å². The van der Waals surface area contributed by atoms with Gasteiger partial charge in [0.15, 0.2) is 12.1 Å². The number of ether oxygens (including phenoxy) is 3. The quantitative estimate of drug-likeness (QED) is 0.0215. The minimum absolute atomic E-state index is 0.0259. The second-order valence-corrected chi connectivity index (χ2v) is 16.7. The average Bonchev–Trinajstić information content (AvgIpc) is 3.21. The third-order valence-electron chi connectivity index (χ3n) is 10.1. The van der Waals surface area contributed by atoms with Crippen molar-refractivity contribution in [2.24, 2.45) is 0 Å². The number of esters is 2. The Kier molecular flexibility index (Phi) is 39.8. The van der Waals surface area contributed by atoms with E-state index in [4.69, 9.17) is 14.2 Å². The maximum Gasteiger partial charge on any atom is 0.362 e. The van der Waals surface area contributed by atoms with Gasteiger partial charge in [0.25, 0.3) is 0 Å². The standard InChI is InChI=1S/C52H87NO7/c1-6-8-10-12-14-16-18-20-22-24-25-26-27-29-30-32-34-36-38-40-42-50(54)59-47-48(46-58-45-44-49(52(56)57)53(3,4)5)60-51(55)43-41-39-37-35-33-31-28-23-21-19-17-15-13-11-9-7-2/h9,11,15-18,20-23,31,33,37,39,48-49H,6-8,10,12-14,19,24-30,32,34-36,38,40-47H2,1-5H3/p+1/b11-9+,17-15+,18-16+,22-20+,23-21+,33-31+,39-37+. The van der Waals surface area contributed by atoms with E-state index in [1.807, 2.05) is 33.3 Å². The average molecular weight is 839 g/mol. The first-order valence-electron chi connectivity index (χ1n) is 23.6. The summed E-state index contributed by atoms with van der Waals surface area (Å²) in [6.45, 7) is 4.51. The number of hydrogen-bond acceptors (Lipinski definition) is 6. The lowest BCUT2D eigenvalue weighted by Crippen LogP contribution is -2.50. The van der Waals surface area contributed by atoms with Crippen molar-refractivity contribution in [3.05, 3.63) is 85.1 Å². The number of quaternary nitrogens is 1. The van der Waals surface area contributed by atoms with Crippen molar-refractivity contribution in [3.63, 3.8) is 0 Å². The molecule has 2 atom stereocenters. The molecule has 8 heteroatoms. The summed E-state index contributed by atoms with van der Waals surface area (Å²) < 4.78 is 17.2. The van der Waals surface area contributed by atoms with Crippen LogP contribution < -0.4 is 0 Å². The van der Waals surface area contributed by atoms with E-state index in [2.05, 4.69) is 86.8 Å². The summed E-state index contributed by atoms with van der Waals surface area (Å²) in [7, 11) is 5.50. The highest BCUT2D eigenvalue weighted by molar-refractivity contribution is 5.72. The molecule has 8 nitrogen and oxygen atoms in total. The summed E-state index contributed by atoms with van der Waals surface area (Å²) in [4.78, 5) is 37.0. The predicted octanol–water partition coefficient (Wildman–Crippen LogP) is 13.3. The van der Waals surface area contributed by atoms with Crippen molar-refractivity contribution in [1.82, 2.24) is 0 Å². The number of aliphatic carboxylic acids is 1. The Morgan fingerprint density at radius 3 is 1.52 bits per heavy atom. The molecule has 0 saturated heterocycles. The summed E-state index contributed by atoms with van der Waals surface area (Å²) in [5, 5.41) is 9.63. The second kappa shape index (κ2) is 42.2. The summed E-state index contributed by atoms with van der Waals surface area (Å²) in [5.74, 6) is -1.59. The van der Waals surface area contributed by atoms with Crippen LogP contribution in [0.5, 0.6) is 0 Å². The van der Waals surface area contributed by atoms with Gasteiger partial charge in [-0.05, 0) is 70.6 Å². The number of allylic oxidation sites excluding steroid dienone is 14. The number of carboxylic acid groups (broad SMARTS) is 1. The van der Waals surface area contributed by atoms with Gasteiger partial charge in [-0.2, -0.15) is 0 Å². The molecule has 0 heterocycles. The lowest BCUT2D eigenvalue weighted by molar-refractivity contribution is -0.887. The fourth-order valence-electron chi connectivity index (χ4n) is 6.42. The summed E-state index contributed by atoms with van der Waals surface area (Å²) in [6, 6.07) is -0.632. The van der Waals surface area contributed by atoms with Crippen molar-refractivity contribution in [3.8, 4) is 0 Å². The number of nitrogens with zero attached hydrogens (tertiary/aromatic N) is 1. The van der Waals surface area contributed by atoms with Gasteiger partial charge < -0.3 is 23.8 Å². The highest BCUT2D eigenvalue weighted by Crippen LogP contribution is 2.14. The minimum Gasteiger partial charge on any atom is -0.477 e. The second-order valence-electron chi connectivity index (χ2n) is 16.7. The van der Waals surface area contributed by atoms with Crippen molar-refractivity contribution in [2.75, 3.05) is 41.0 Å². The molecule has 0 aliphatic carbocycles. The molecule has 0 amide bonds. The van der Waals surface area contributed by atoms with Gasteiger partial charge in [0.1, 0.15) is 6.61 Å². The van der Waals surface area contributed by atoms with Gasteiger partial charge in [-0.1, -0.05) is 170 Å². The molecule has 342 valence electrons. The van der Waals surface area contributed by atoms with E-state index in [9.17, 15) is 19.5 Å². The fourth-order valence-corrected chi connectivity index (χ4v) is 6.42. The van der Waals surface area contributed by atoms with Crippen LogP contribution in [-0.2, 0) is 28.6 Å². The van der Waals surface area contributed by atoms with Crippen LogP contribution in [0.4, 0.5) is 0 Å². The Labute approximate surface area is 367 Å². The minimum atomic E-state index is -0.889. The van der Waals surface area contributed by atoms with Gasteiger partial charge in [-0.15, -0.1) is 0 Å². The van der Waals surface area contributed by atoms with E-state index in [1.165, 1.54) is 83.5 Å². The topological polar surface area (TPSA) is 99.1 Å². The van der Waals surface area contributed by atoms with Gasteiger partial charge in [-0.25, -0.2) is 4.79 Å². The molecule has 0 aliphatic heterocycles. The number of carbonyl (C=O) groups is 3. The molecule has 0 bridgehead atoms. The van der Waals surface area contributed by atoms with Crippen LogP contribution in [0.2, 0.25) is 0 Å². The summed E-state index contributed by atoms with van der Waals surface area (Å²) in [6.07, 6.45) is 55.0. The molecule has 0 aromatic heterocycles. The Morgan fingerprint density at radius 1 is 0.533 bits per heavy atom. The van der Waals surface area contributed by atoms with Crippen LogP contribution in [0.1, 0.15) is 174 Å². The van der Waals surface area contributed by atoms with Crippen molar-refractivity contribution in [1.29, 1.82) is 0 Å². The Bertz CT molecular complexity index is 1250. The van der Waals surface area contributed by atoms with Crippen LogP contribution in [0, 0.1) is 0 Å². The maximum atomic E-state index is 12.7. The lowest BCUT2D eigenvalue weighted by atomic mass is 10.1. The van der Waals surface area contributed by atoms with Gasteiger partial charge in [0.05, 0.1) is 34.4 Å². The summed E-state index contributed by atoms with van der Waals surface area (Å²) in [5.41, 5.74) is 0. The third-order valence-corrected chi connectivity index (χ3v) is 10.1. The number of carbonyl (C=O) groups excluding carboxylic acids is 2. The van der Waals surface area contributed by atoms with Crippen LogP contribution in [-0.4, -0.2) is 80.6 Å². The van der Waals surface area contributed by atoms with Crippen LogP contribution in [0.15, 0.2) is 85.1 Å². The van der Waals surface area contributed by atoms with Gasteiger partial charge >= 0.3 is 17.9 Å². The van der Waals surface area contributed by atoms with Crippen molar-refractivity contribution >= 4 is 17.9 Å². The number of rotatable bonds is 41. The van der Waals surface area contributed by atoms with E-state index in [1.54, 1.807) is 0 Å². The normalized spacial score (nSPS) is 13.7. The first-order chi connectivity index (χ1) is 29.1. The number of unbranched alkanes of at least 4 members (excludes halogenated alkanes) is 14. The van der Waals surface area contributed by atoms with Gasteiger partial charge in [0.2, 0.25) is 0 Å². The molecule has 0 aromatic rings. The van der Waals surface area contributed by atoms with Crippen molar-refractivity contribution in [2.45, 2.75) is 187 Å². The molecule has 0 radical (unpaired) electrons. The fraction of sp³-hybridized carbons (Fsp3) is 0.673. The Hall–Kier alpha value is -3.49. The Morgan fingerprint density at radius 2 is 1.02 bits per heavy atom. The van der Waals surface area contributed by atoms with Crippen molar-refractivity contribution < 1.29 is 38.2 Å². The first-order valence-corrected chi connectivity index (χ1v) is 23.6. The monoisotopic (exact) mass is 839 g/mol. The number of likely N-dealkylation sites (N-methyl/N-ethyl adjacent to an activating group) is 1. The highest BCUT2D eigenvalue weighted by Gasteiger charge is 2.31. The van der Waals surface area contributed by atoms with Crippen LogP contribution in [0.3, 0.4) is 0 Å². The molecule has 0 aliphatic rings. The maximum absolute atomic E-state index is 12.7. The van der Waals surface area contributed by atoms with E-state index >= 15 is 0 Å². The third kappa shape index (κ3) is 39.9. The molecule has 1 N–H and O–H groups in total. The largest absolute Gasteiger partial charge is 0.477 e. The van der Waals surface area contributed by atoms with Gasteiger partial charge in [0, 0.05) is 19.3 Å². The zero-order valence-electron chi connectivity index (χ0n) is 38.9. The lowest BCUT2D eigenvalue weighted by Gasteiger charge is -2.31. The molecule has 0 saturated carbocycles. The molecular weight excluding hydrogens is 751 g/mol. The zero-order valence-corrected chi connectivity index (χ0v) is 38.9. The predicted molar refractivity (Wildman–Crippen MR) is 252 cm³/mol. The van der Waals surface area contributed by atoms with E-state index in [-0.39, 0.29) is 42.7 Å². The molecular formula is C52H88NO7+. The molecule has 0 aromatic carbocycles. The number of hydrogen-bond donors (Lipinski definition) is 1. The van der Waals surface area contributed by atoms with E-state index in [0.29, 0.717) is 19.3 Å². The number of carboxylic acids is 1. The van der Waals surface area contributed by atoms with Crippen LogP contribution >= 0.6 is 0 Å². The molecule has 0 rings (SSSR count). The summed E-state index contributed by atoms with van der Waals surface area (Å²) >= 11 is 0. The smallest absolute Gasteiger partial charge is 0.362 e. The van der Waals surface area contributed by atoms with E-state index < -0.39 is 18.1 Å². The van der Waals surface area contributed by atoms with Crippen LogP contribution in [0.25, 0.3) is 0 Å². The highest BCUT2D eigenvalue weighted by atomic mass is 16.6.